The fourth-order valence-corrected chi connectivity index (χ4v) is 4.00. The molecule has 0 atom stereocenters. The molecule has 7 nitrogen and oxygen atoms in total. The summed E-state index contributed by atoms with van der Waals surface area (Å²) in [6, 6.07) is 6.07. The summed E-state index contributed by atoms with van der Waals surface area (Å²) >= 11 is 0. The number of aromatic nitrogens is 2. The number of piperidine rings is 1. The Morgan fingerprint density at radius 1 is 1.07 bits per heavy atom. The number of nitrogens with one attached hydrogen (secondary N) is 1. The van der Waals surface area contributed by atoms with Crippen LogP contribution < -0.4 is 15.1 Å². The minimum Gasteiger partial charge on any atom is -0.378 e. The largest absolute Gasteiger partial charge is 0.378 e. The Balaban J connectivity index is 1.38. The quantitative estimate of drug-likeness (QED) is 0.858. The number of morpholine rings is 1. The Labute approximate surface area is 172 Å². The van der Waals surface area contributed by atoms with E-state index in [9.17, 15) is 4.79 Å². The smallest absolute Gasteiger partial charge is 0.227 e. The number of amides is 1. The second kappa shape index (κ2) is 8.78. The normalized spacial score (nSPS) is 18.0. The van der Waals surface area contributed by atoms with Gasteiger partial charge in [-0.15, -0.1) is 0 Å². The van der Waals surface area contributed by atoms with Crippen LogP contribution in [0.2, 0.25) is 0 Å². The number of carbonyl (C=O) groups excluding carboxylic acids is 1. The maximum atomic E-state index is 12.7. The number of ether oxygens (including phenoxy) is 1. The van der Waals surface area contributed by atoms with Crippen LogP contribution >= 0.6 is 0 Å². The lowest BCUT2D eigenvalue weighted by Crippen LogP contribution is -2.41. The van der Waals surface area contributed by atoms with Crippen LogP contribution in [-0.4, -0.2) is 55.3 Å². The van der Waals surface area contributed by atoms with E-state index < -0.39 is 0 Å². The van der Waals surface area contributed by atoms with Crippen molar-refractivity contribution in [3.05, 3.63) is 41.9 Å². The van der Waals surface area contributed by atoms with Crippen molar-refractivity contribution in [3.63, 3.8) is 0 Å². The van der Waals surface area contributed by atoms with Crippen LogP contribution in [0.5, 0.6) is 0 Å². The van der Waals surface area contributed by atoms with Gasteiger partial charge < -0.3 is 19.9 Å². The molecule has 0 spiro atoms. The van der Waals surface area contributed by atoms with E-state index in [0.29, 0.717) is 0 Å². The molecule has 3 heterocycles. The van der Waals surface area contributed by atoms with Gasteiger partial charge in [-0.3, -0.25) is 4.79 Å². The average Bonchev–Trinajstić information content (AvgIpc) is 2.77. The van der Waals surface area contributed by atoms with E-state index in [1.54, 1.807) is 6.33 Å². The van der Waals surface area contributed by atoms with Crippen molar-refractivity contribution >= 4 is 23.1 Å². The summed E-state index contributed by atoms with van der Waals surface area (Å²) in [5.74, 6) is 1.12. The van der Waals surface area contributed by atoms with E-state index in [1.807, 2.05) is 18.3 Å². The van der Waals surface area contributed by atoms with Crippen molar-refractivity contribution in [3.8, 4) is 0 Å². The summed E-state index contributed by atoms with van der Waals surface area (Å²) in [6.45, 7) is 8.95. The highest BCUT2D eigenvalue weighted by Gasteiger charge is 2.28. The summed E-state index contributed by atoms with van der Waals surface area (Å²) in [4.78, 5) is 26.1. The third-order valence-electron chi connectivity index (χ3n) is 5.96. The molecule has 2 aliphatic heterocycles. The van der Waals surface area contributed by atoms with Gasteiger partial charge in [-0.25, -0.2) is 9.97 Å². The Bertz CT molecular complexity index is 858. The third kappa shape index (κ3) is 4.50. The van der Waals surface area contributed by atoms with E-state index in [-0.39, 0.29) is 11.8 Å². The SMILES string of the molecule is Cc1ccc(NC(=O)C2CCN(c3cncnc3N3CCOCC3)CC2)cc1C. The molecule has 4 rings (SSSR count). The Hall–Kier alpha value is -2.67. The molecular weight excluding hydrogens is 366 g/mol. The minimum atomic E-state index is 0.0318. The molecule has 29 heavy (non-hydrogen) atoms. The fraction of sp³-hybridized carbons (Fsp3) is 0.500. The van der Waals surface area contributed by atoms with Gasteiger partial charge in [0.05, 0.1) is 25.1 Å². The lowest BCUT2D eigenvalue weighted by Gasteiger charge is -2.36. The number of nitrogens with zero attached hydrogens (tertiary/aromatic N) is 4. The van der Waals surface area contributed by atoms with Gasteiger partial charge in [-0.1, -0.05) is 6.07 Å². The van der Waals surface area contributed by atoms with Crippen molar-refractivity contribution < 1.29 is 9.53 Å². The number of carbonyl (C=O) groups is 1. The topological polar surface area (TPSA) is 70.6 Å². The average molecular weight is 396 g/mol. The lowest BCUT2D eigenvalue weighted by atomic mass is 9.95. The van der Waals surface area contributed by atoms with Crippen molar-refractivity contribution in [2.24, 2.45) is 5.92 Å². The molecule has 1 amide bonds. The van der Waals surface area contributed by atoms with Crippen molar-refractivity contribution in [2.45, 2.75) is 26.7 Å². The first-order valence-corrected chi connectivity index (χ1v) is 10.4. The predicted molar refractivity (Wildman–Crippen MR) is 115 cm³/mol. The summed E-state index contributed by atoms with van der Waals surface area (Å²) in [7, 11) is 0. The molecular formula is C22H29N5O2. The van der Waals surface area contributed by atoms with Crippen molar-refractivity contribution in [1.29, 1.82) is 0 Å². The maximum Gasteiger partial charge on any atom is 0.227 e. The second-order valence-corrected chi connectivity index (χ2v) is 7.88. The molecule has 0 bridgehead atoms. The summed E-state index contributed by atoms with van der Waals surface area (Å²) < 4.78 is 5.47. The second-order valence-electron chi connectivity index (χ2n) is 7.88. The summed E-state index contributed by atoms with van der Waals surface area (Å²) in [5, 5.41) is 3.09. The van der Waals surface area contributed by atoms with Gasteiger partial charge in [-0.05, 0) is 49.9 Å². The van der Waals surface area contributed by atoms with Gasteiger partial charge in [-0.2, -0.15) is 0 Å². The summed E-state index contributed by atoms with van der Waals surface area (Å²) in [6.07, 6.45) is 5.16. The molecule has 2 fully saturated rings. The molecule has 7 heteroatoms. The molecule has 154 valence electrons. The third-order valence-corrected chi connectivity index (χ3v) is 5.96. The van der Waals surface area contributed by atoms with Crippen LogP contribution in [0.3, 0.4) is 0 Å². The maximum absolute atomic E-state index is 12.7. The molecule has 2 aliphatic rings. The molecule has 1 aromatic carbocycles. The van der Waals surface area contributed by atoms with Crippen LogP contribution in [0.1, 0.15) is 24.0 Å². The predicted octanol–water partition coefficient (Wildman–Crippen LogP) is 2.79. The van der Waals surface area contributed by atoms with Crippen LogP contribution in [-0.2, 0) is 9.53 Å². The zero-order valence-corrected chi connectivity index (χ0v) is 17.2. The Kier molecular flexibility index (Phi) is 5.94. The van der Waals surface area contributed by atoms with E-state index >= 15 is 0 Å². The van der Waals surface area contributed by atoms with Crippen molar-refractivity contribution in [2.75, 3.05) is 54.5 Å². The number of hydrogen-bond donors (Lipinski definition) is 1. The molecule has 1 aromatic heterocycles. The fourth-order valence-electron chi connectivity index (χ4n) is 4.00. The lowest BCUT2D eigenvalue weighted by molar-refractivity contribution is -0.120. The van der Waals surface area contributed by atoms with Gasteiger partial charge in [0.2, 0.25) is 5.91 Å². The number of benzene rings is 1. The van der Waals surface area contributed by atoms with E-state index in [2.05, 4.69) is 45.0 Å². The number of aryl methyl sites for hydroxylation is 2. The van der Waals surface area contributed by atoms with Gasteiger partial charge in [0.15, 0.2) is 5.82 Å². The highest BCUT2D eigenvalue weighted by atomic mass is 16.5. The Morgan fingerprint density at radius 3 is 2.55 bits per heavy atom. The number of hydrogen-bond acceptors (Lipinski definition) is 6. The van der Waals surface area contributed by atoms with Gasteiger partial charge >= 0.3 is 0 Å². The van der Waals surface area contributed by atoms with Gasteiger partial charge in [0, 0.05) is 37.8 Å². The monoisotopic (exact) mass is 395 g/mol. The van der Waals surface area contributed by atoms with Crippen LogP contribution in [0.25, 0.3) is 0 Å². The molecule has 2 saturated heterocycles. The molecule has 0 saturated carbocycles. The first kappa shape index (κ1) is 19.6. The van der Waals surface area contributed by atoms with E-state index in [4.69, 9.17) is 4.74 Å². The summed E-state index contributed by atoms with van der Waals surface area (Å²) in [5.41, 5.74) is 4.36. The minimum absolute atomic E-state index is 0.0318. The molecule has 0 radical (unpaired) electrons. The number of anilines is 3. The Morgan fingerprint density at radius 2 is 1.83 bits per heavy atom. The molecule has 1 N–H and O–H groups in total. The standard InChI is InChI=1S/C22H29N5O2/c1-16-3-4-19(13-17(16)2)25-22(28)18-5-7-26(8-6-18)20-14-23-15-24-21(20)27-9-11-29-12-10-27/h3-4,13-15,18H,5-12H2,1-2H3,(H,25,28). The highest BCUT2D eigenvalue weighted by Crippen LogP contribution is 2.30. The molecule has 0 aliphatic carbocycles. The van der Waals surface area contributed by atoms with E-state index in [0.717, 1.165) is 69.4 Å². The van der Waals surface area contributed by atoms with E-state index in [1.165, 1.54) is 11.1 Å². The van der Waals surface area contributed by atoms with Crippen LogP contribution in [0, 0.1) is 19.8 Å². The molecule has 2 aromatic rings. The van der Waals surface area contributed by atoms with Crippen LogP contribution in [0.4, 0.5) is 17.2 Å². The van der Waals surface area contributed by atoms with Gasteiger partial charge in [0.25, 0.3) is 0 Å². The zero-order valence-electron chi connectivity index (χ0n) is 17.2. The highest BCUT2D eigenvalue weighted by molar-refractivity contribution is 5.92. The first-order valence-electron chi connectivity index (χ1n) is 10.4. The zero-order chi connectivity index (χ0) is 20.2. The van der Waals surface area contributed by atoms with Gasteiger partial charge in [0.1, 0.15) is 6.33 Å². The van der Waals surface area contributed by atoms with Crippen molar-refractivity contribution in [1.82, 2.24) is 9.97 Å². The first-order chi connectivity index (χ1) is 14.1. The molecule has 0 unspecified atom stereocenters. The van der Waals surface area contributed by atoms with Crippen LogP contribution in [0.15, 0.2) is 30.7 Å². The number of rotatable bonds is 4.